The lowest BCUT2D eigenvalue weighted by molar-refractivity contribution is -0.411. The van der Waals surface area contributed by atoms with Crippen LogP contribution < -0.4 is 5.32 Å². The van der Waals surface area contributed by atoms with Gasteiger partial charge in [0.2, 0.25) is 0 Å². The number of alkyl halides is 3. The van der Waals surface area contributed by atoms with Crippen molar-refractivity contribution in [3.05, 3.63) is 81.5 Å². The molecule has 0 amide bonds. The molecule has 2 aromatic rings. The van der Waals surface area contributed by atoms with Gasteiger partial charge in [0.15, 0.2) is 0 Å². The number of hydrogen-bond acceptors (Lipinski definition) is 5. The van der Waals surface area contributed by atoms with Gasteiger partial charge >= 0.3 is 11.2 Å². The molecule has 0 heterocycles. The van der Waals surface area contributed by atoms with Crippen molar-refractivity contribution < 1.29 is 26.5 Å². The monoisotopic (exact) mass is 372 g/mol. The Bertz CT molecular complexity index is 893. The maximum atomic E-state index is 12.5. The number of nitrogens with zero attached hydrogens (tertiary/aromatic N) is 1. The van der Waals surface area contributed by atoms with Crippen LogP contribution in [0.25, 0.3) is 0 Å². The first-order valence-corrected chi connectivity index (χ1v) is 8.19. The minimum absolute atomic E-state index is 0.0654. The molecule has 1 N–H and O–H groups in total. The van der Waals surface area contributed by atoms with Crippen LogP contribution in [0.3, 0.4) is 0 Å². The molecule has 2 rings (SSSR count). The van der Waals surface area contributed by atoms with Crippen LogP contribution in [0.1, 0.15) is 5.56 Å². The van der Waals surface area contributed by atoms with Gasteiger partial charge < -0.3 is 5.32 Å². The molecule has 0 radical (unpaired) electrons. The fourth-order valence-electron chi connectivity index (χ4n) is 1.85. The van der Waals surface area contributed by atoms with E-state index in [1.165, 1.54) is 24.3 Å². The Morgan fingerprint density at radius 1 is 1.04 bits per heavy atom. The molecule has 0 aliphatic heterocycles. The van der Waals surface area contributed by atoms with Crippen molar-refractivity contribution in [1.82, 2.24) is 0 Å². The van der Waals surface area contributed by atoms with Crippen LogP contribution in [0, 0.1) is 10.1 Å². The fraction of sp³-hybridized carbons (Fsp3) is 0.0667. The number of halogens is 3. The first-order chi connectivity index (χ1) is 11.6. The van der Waals surface area contributed by atoms with E-state index in [9.17, 15) is 31.7 Å². The van der Waals surface area contributed by atoms with Gasteiger partial charge in [0.1, 0.15) is 0 Å². The van der Waals surface area contributed by atoms with Crippen molar-refractivity contribution in [2.45, 2.75) is 11.1 Å². The number of nitro groups is 1. The van der Waals surface area contributed by atoms with Gasteiger partial charge in [-0.05, 0) is 36.4 Å². The molecule has 2 aromatic carbocycles. The van der Waals surface area contributed by atoms with Crippen molar-refractivity contribution in [2.75, 3.05) is 5.32 Å². The van der Waals surface area contributed by atoms with E-state index in [4.69, 9.17) is 0 Å². The van der Waals surface area contributed by atoms with E-state index < -0.39 is 31.5 Å². The molecule has 0 aromatic heterocycles. The quantitative estimate of drug-likeness (QED) is 0.639. The van der Waals surface area contributed by atoms with Crippen LogP contribution in [-0.2, 0) is 16.0 Å². The molecule has 132 valence electrons. The van der Waals surface area contributed by atoms with Crippen LogP contribution in [-0.4, -0.2) is 13.3 Å². The molecule has 0 unspecified atom stereocenters. The Balaban J connectivity index is 2.31. The van der Waals surface area contributed by atoms with E-state index in [0.717, 1.165) is 24.3 Å². The van der Waals surface area contributed by atoms with E-state index in [-0.39, 0.29) is 10.6 Å². The zero-order chi connectivity index (χ0) is 18.7. The van der Waals surface area contributed by atoms with Gasteiger partial charge in [-0.15, -0.1) is 0 Å². The summed E-state index contributed by atoms with van der Waals surface area (Å²) in [5.41, 5.74) is -0.830. The van der Waals surface area contributed by atoms with Crippen LogP contribution in [0.15, 0.2) is 70.7 Å². The molecule has 0 spiro atoms. The van der Waals surface area contributed by atoms with E-state index in [1.807, 2.05) is 0 Å². The molecular formula is C15H11F3N2O4S. The van der Waals surface area contributed by atoms with E-state index in [1.54, 1.807) is 6.07 Å². The van der Waals surface area contributed by atoms with Crippen molar-refractivity contribution in [3.8, 4) is 0 Å². The second-order valence-electron chi connectivity index (χ2n) is 4.78. The van der Waals surface area contributed by atoms with Gasteiger partial charge in [0.25, 0.3) is 9.84 Å². The summed E-state index contributed by atoms with van der Waals surface area (Å²) in [5.74, 6) is 0. The van der Waals surface area contributed by atoms with E-state index in [0.29, 0.717) is 6.20 Å². The number of benzene rings is 2. The van der Waals surface area contributed by atoms with Crippen LogP contribution in [0.2, 0.25) is 0 Å². The van der Waals surface area contributed by atoms with Crippen molar-refractivity contribution in [1.29, 1.82) is 0 Å². The zero-order valence-corrected chi connectivity index (χ0v) is 13.2. The number of nitrogens with one attached hydrogen (secondary N) is 1. The summed E-state index contributed by atoms with van der Waals surface area (Å²) < 4.78 is 62.0. The minimum Gasteiger partial charge on any atom is -0.355 e. The Kier molecular flexibility index (Phi) is 5.12. The minimum atomic E-state index is -4.52. The molecule has 0 aliphatic carbocycles. The topological polar surface area (TPSA) is 89.3 Å². The summed E-state index contributed by atoms with van der Waals surface area (Å²) >= 11 is 0. The summed E-state index contributed by atoms with van der Waals surface area (Å²) in [4.78, 5) is 9.74. The zero-order valence-electron chi connectivity index (χ0n) is 12.4. The summed E-state index contributed by atoms with van der Waals surface area (Å²) in [6.45, 7) is 0. The second-order valence-corrected chi connectivity index (χ2v) is 6.67. The van der Waals surface area contributed by atoms with Gasteiger partial charge in [-0.25, -0.2) is 8.42 Å². The molecular weight excluding hydrogens is 361 g/mol. The number of sulfone groups is 1. The first kappa shape index (κ1) is 18.5. The van der Waals surface area contributed by atoms with Gasteiger partial charge in [-0.2, -0.15) is 13.2 Å². The average Bonchev–Trinajstić information content (AvgIpc) is 2.55. The van der Waals surface area contributed by atoms with E-state index >= 15 is 0 Å². The van der Waals surface area contributed by atoms with Crippen molar-refractivity contribution in [3.63, 3.8) is 0 Å². The number of rotatable bonds is 5. The Labute approximate surface area is 140 Å². The molecule has 0 fully saturated rings. The third kappa shape index (κ3) is 4.35. The van der Waals surface area contributed by atoms with Gasteiger partial charge in [-0.1, -0.05) is 18.2 Å². The van der Waals surface area contributed by atoms with Crippen LogP contribution >= 0.6 is 0 Å². The summed E-state index contributed by atoms with van der Waals surface area (Å²) in [6.07, 6.45) is -3.89. The lowest BCUT2D eigenvalue weighted by Crippen LogP contribution is -2.14. The first-order valence-electron chi connectivity index (χ1n) is 6.71. The molecule has 0 saturated carbocycles. The highest BCUT2D eigenvalue weighted by molar-refractivity contribution is 7.95. The molecule has 6 nitrogen and oxygen atoms in total. The van der Waals surface area contributed by atoms with E-state index in [2.05, 4.69) is 5.32 Å². The summed E-state index contributed by atoms with van der Waals surface area (Å²) in [5, 5.41) is 12.3. The van der Waals surface area contributed by atoms with Gasteiger partial charge in [0, 0.05) is 5.69 Å². The molecule has 0 aliphatic rings. The predicted molar refractivity (Wildman–Crippen MR) is 83.8 cm³/mol. The number of anilines is 1. The number of hydrogen-bond donors (Lipinski definition) is 1. The Morgan fingerprint density at radius 2 is 1.60 bits per heavy atom. The van der Waals surface area contributed by atoms with Gasteiger partial charge in [0.05, 0.1) is 21.6 Å². The maximum absolute atomic E-state index is 12.5. The highest BCUT2D eigenvalue weighted by Gasteiger charge is 2.32. The lowest BCUT2D eigenvalue weighted by atomic mass is 10.2. The average molecular weight is 372 g/mol. The smallest absolute Gasteiger partial charge is 0.355 e. The predicted octanol–water partition coefficient (Wildman–Crippen LogP) is 3.67. The molecule has 10 heteroatoms. The molecule has 0 bridgehead atoms. The third-order valence-corrected chi connectivity index (χ3v) is 4.79. The second kappa shape index (κ2) is 6.93. The maximum Gasteiger partial charge on any atom is 0.416 e. The molecule has 0 atom stereocenters. The Morgan fingerprint density at radius 3 is 2.08 bits per heavy atom. The normalized spacial score (nSPS) is 12.7. The largest absolute Gasteiger partial charge is 0.416 e. The lowest BCUT2D eigenvalue weighted by Gasteiger charge is -2.07. The SMILES string of the molecule is O=[N+]([O-])C(=CNc1ccc(C(F)(F)F)cc1)S(=O)(=O)c1ccccc1. The molecule has 25 heavy (non-hydrogen) atoms. The highest BCUT2D eigenvalue weighted by Crippen LogP contribution is 2.30. The van der Waals surface area contributed by atoms with Gasteiger partial charge in [-0.3, -0.25) is 10.1 Å². The van der Waals surface area contributed by atoms with Crippen molar-refractivity contribution >= 4 is 15.5 Å². The Hall–Kier alpha value is -2.88. The molecule has 0 saturated heterocycles. The summed E-state index contributed by atoms with van der Waals surface area (Å²) in [7, 11) is -4.38. The van der Waals surface area contributed by atoms with Crippen LogP contribution in [0.4, 0.5) is 18.9 Å². The third-order valence-electron chi connectivity index (χ3n) is 3.08. The fourth-order valence-corrected chi connectivity index (χ4v) is 3.02. The standard InChI is InChI=1S/C15H11F3N2O4S/c16-15(17,18)11-6-8-12(9-7-11)19-10-14(20(21)22)25(23,24)13-4-2-1-3-5-13/h1-10,19H. The highest BCUT2D eigenvalue weighted by atomic mass is 32.2. The summed E-state index contributed by atoms with van der Waals surface area (Å²) in [6, 6.07) is 10.4. The van der Waals surface area contributed by atoms with Crippen molar-refractivity contribution in [2.24, 2.45) is 0 Å². The van der Waals surface area contributed by atoms with Crippen LogP contribution in [0.5, 0.6) is 0 Å².